The second kappa shape index (κ2) is 7.58. The first-order valence-corrected chi connectivity index (χ1v) is 10.1. The molecule has 0 saturated heterocycles. The van der Waals surface area contributed by atoms with Crippen LogP contribution in [0.5, 0.6) is 0 Å². The highest BCUT2D eigenvalue weighted by Crippen LogP contribution is 2.28. The lowest BCUT2D eigenvalue weighted by Gasteiger charge is -2.18. The Hall–Kier alpha value is -3.18. The van der Waals surface area contributed by atoms with E-state index in [0.29, 0.717) is 16.4 Å². The number of benzene rings is 2. The van der Waals surface area contributed by atoms with Gasteiger partial charge in [-0.1, -0.05) is 62.7 Å². The fourth-order valence-corrected chi connectivity index (χ4v) is 3.52. The molecule has 6 heteroatoms. The third-order valence-corrected chi connectivity index (χ3v) is 5.31. The van der Waals surface area contributed by atoms with Gasteiger partial charge < -0.3 is 4.74 Å². The van der Waals surface area contributed by atoms with Crippen LogP contribution in [0.4, 0.5) is 0 Å². The Morgan fingerprint density at radius 3 is 2.33 bits per heavy atom. The molecule has 0 radical (unpaired) electrons. The monoisotopic (exact) mass is 419 g/mol. The number of para-hydroxylation sites is 1. The summed E-state index contributed by atoms with van der Waals surface area (Å²) < 4.78 is 7.04. The van der Waals surface area contributed by atoms with Crippen molar-refractivity contribution in [1.82, 2.24) is 9.78 Å². The molecular formula is C24H22ClN3O2. The Morgan fingerprint density at radius 1 is 1.03 bits per heavy atom. The Balaban J connectivity index is 1.67. The zero-order valence-electron chi connectivity index (χ0n) is 17.3. The molecule has 152 valence electrons. The van der Waals surface area contributed by atoms with E-state index in [2.05, 4.69) is 30.9 Å². The Kier molecular flexibility index (Phi) is 5.08. The number of hydrogen-bond acceptors (Lipinski definition) is 4. The zero-order chi connectivity index (χ0) is 21.5. The number of rotatable bonds is 3. The first kappa shape index (κ1) is 20.1. The summed E-state index contributed by atoms with van der Waals surface area (Å²) in [6.45, 7) is 8.29. The van der Waals surface area contributed by atoms with Gasteiger partial charge in [-0.25, -0.2) is 14.5 Å². The molecule has 0 unspecified atom stereocenters. The topological polar surface area (TPSA) is 56.5 Å². The number of carbonyl (C=O) groups excluding carboxylic acids is 1. The van der Waals surface area contributed by atoms with E-state index in [1.54, 1.807) is 10.8 Å². The average Bonchev–Trinajstić information content (AvgIpc) is 3.23. The third-order valence-electron chi connectivity index (χ3n) is 4.95. The van der Waals surface area contributed by atoms with Crippen LogP contribution in [0, 0.1) is 6.92 Å². The van der Waals surface area contributed by atoms with Crippen molar-refractivity contribution in [3.8, 4) is 5.69 Å². The number of cyclic esters (lactones) is 1. The second-order valence-electron chi connectivity index (χ2n) is 8.20. The van der Waals surface area contributed by atoms with Crippen LogP contribution >= 0.6 is 11.6 Å². The Labute approximate surface area is 180 Å². The van der Waals surface area contributed by atoms with Crippen LogP contribution in [-0.2, 0) is 14.9 Å². The predicted octanol–water partition coefficient (Wildman–Crippen LogP) is 5.48. The number of aromatic nitrogens is 2. The number of nitrogens with zero attached hydrogens (tertiary/aromatic N) is 3. The first-order valence-electron chi connectivity index (χ1n) is 9.68. The number of hydrogen-bond donors (Lipinski definition) is 0. The molecule has 0 spiro atoms. The van der Waals surface area contributed by atoms with E-state index in [1.165, 1.54) is 5.56 Å². The smallest absolute Gasteiger partial charge is 0.363 e. The molecule has 0 N–H and O–H groups in total. The van der Waals surface area contributed by atoms with Crippen LogP contribution in [0.3, 0.4) is 0 Å². The minimum atomic E-state index is -0.507. The van der Waals surface area contributed by atoms with Gasteiger partial charge in [0.05, 0.1) is 11.4 Å². The summed E-state index contributed by atoms with van der Waals surface area (Å²) in [5.41, 5.74) is 4.37. The van der Waals surface area contributed by atoms with E-state index in [9.17, 15) is 4.79 Å². The summed E-state index contributed by atoms with van der Waals surface area (Å²) in [6.07, 6.45) is 1.63. The molecule has 1 aromatic heterocycles. The summed E-state index contributed by atoms with van der Waals surface area (Å²) >= 11 is 6.56. The van der Waals surface area contributed by atoms with Crippen molar-refractivity contribution in [1.29, 1.82) is 0 Å². The van der Waals surface area contributed by atoms with Gasteiger partial charge in [0.15, 0.2) is 5.70 Å². The zero-order valence-corrected chi connectivity index (χ0v) is 18.1. The summed E-state index contributed by atoms with van der Waals surface area (Å²) in [5, 5.41) is 4.91. The van der Waals surface area contributed by atoms with Gasteiger partial charge in [0.2, 0.25) is 5.90 Å². The molecule has 30 heavy (non-hydrogen) atoms. The predicted molar refractivity (Wildman–Crippen MR) is 119 cm³/mol. The van der Waals surface area contributed by atoms with E-state index in [-0.39, 0.29) is 17.0 Å². The number of aliphatic imine (C=N–C) groups is 1. The van der Waals surface area contributed by atoms with Crippen LogP contribution in [0.2, 0.25) is 5.15 Å². The largest absolute Gasteiger partial charge is 0.402 e. The fourth-order valence-electron chi connectivity index (χ4n) is 3.20. The molecule has 0 saturated carbocycles. The van der Waals surface area contributed by atoms with E-state index in [1.807, 2.05) is 61.5 Å². The standard InChI is InChI=1S/C24H22ClN3O2/c1-15-19(21(25)28(27-15)18-8-6-5-7-9-18)14-20-23(29)30-22(26-20)16-10-12-17(13-11-16)24(2,3)4/h5-14H,1-4H3/b20-14+. The Bertz CT molecular complexity index is 1170. The van der Waals surface area contributed by atoms with Gasteiger partial charge in [0.25, 0.3) is 0 Å². The molecule has 0 aliphatic carbocycles. The number of carbonyl (C=O) groups is 1. The molecule has 0 atom stereocenters. The molecule has 0 amide bonds. The normalized spacial score (nSPS) is 15.4. The second-order valence-corrected chi connectivity index (χ2v) is 8.56. The van der Waals surface area contributed by atoms with Crippen LogP contribution in [0.25, 0.3) is 11.8 Å². The van der Waals surface area contributed by atoms with Gasteiger partial charge in [-0.2, -0.15) is 5.10 Å². The Morgan fingerprint density at radius 2 is 1.70 bits per heavy atom. The minimum Gasteiger partial charge on any atom is -0.402 e. The maximum Gasteiger partial charge on any atom is 0.363 e. The summed E-state index contributed by atoms with van der Waals surface area (Å²) in [4.78, 5) is 16.8. The van der Waals surface area contributed by atoms with Gasteiger partial charge in [0, 0.05) is 11.1 Å². The molecule has 3 aromatic rings. The van der Waals surface area contributed by atoms with Crippen molar-refractivity contribution in [2.45, 2.75) is 33.1 Å². The van der Waals surface area contributed by atoms with Crippen LogP contribution < -0.4 is 0 Å². The maximum atomic E-state index is 12.4. The maximum absolute atomic E-state index is 12.4. The van der Waals surface area contributed by atoms with Gasteiger partial charge in [-0.15, -0.1) is 0 Å². The highest BCUT2D eigenvalue weighted by molar-refractivity contribution is 6.31. The lowest BCUT2D eigenvalue weighted by molar-refractivity contribution is -0.129. The average molecular weight is 420 g/mol. The van der Waals surface area contributed by atoms with Crippen molar-refractivity contribution in [2.24, 2.45) is 4.99 Å². The van der Waals surface area contributed by atoms with E-state index in [4.69, 9.17) is 16.3 Å². The minimum absolute atomic E-state index is 0.0466. The first-order chi connectivity index (χ1) is 14.2. The van der Waals surface area contributed by atoms with Gasteiger partial charge in [-0.05, 0) is 48.2 Å². The quantitative estimate of drug-likeness (QED) is 0.417. The van der Waals surface area contributed by atoms with E-state index >= 15 is 0 Å². The molecular weight excluding hydrogens is 398 g/mol. The molecule has 0 bridgehead atoms. The van der Waals surface area contributed by atoms with Crippen molar-refractivity contribution in [3.05, 3.63) is 87.8 Å². The van der Waals surface area contributed by atoms with Crippen LogP contribution in [0.15, 0.2) is 65.3 Å². The molecule has 1 aliphatic heterocycles. The molecule has 1 aliphatic rings. The van der Waals surface area contributed by atoms with Gasteiger partial charge in [0.1, 0.15) is 5.15 Å². The number of ether oxygens (including phenoxy) is 1. The molecule has 4 rings (SSSR count). The highest BCUT2D eigenvalue weighted by Gasteiger charge is 2.26. The van der Waals surface area contributed by atoms with E-state index in [0.717, 1.165) is 11.3 Å². The van der Waals surface area contributed by atoms with Crippen molar-refractivity contribution < 1.29 is 9.53 Å². The summed E-state index contributed by atoms with van der Waals surface area (Å²) in [7, 11) is 0. The number of halogens is 1. The third kappa shape index (κ3) is 3.81. The fraction of sp³-hybridized carbons (Fsp3) is 0.208. The molecule has 2 aromatic carbocycles. The van der Waals surface area contributed by atoms with Crippen LogP contribution in [-0.4, -0.2) is 21.6 Å². The van der Waals surface area contributed by atoms with Crippen molar-refractivity contribution >= 4 is 29.5 Å². The van der Waals surface area contributed by atoms with Crippen LogP contribution in [0.1, 0.15) is 43.2 Å². The molecule has 0 fully saturated rings. The number of aryl methyl sites for hydroxylation is 1. The number of esters is 1. The van der Waals surface area contributed by atoms with Crippen molar-refractivity contribution in [3.63, 3.8) is 0 Å². The van der Waals surface area contributed by atoms with Gasteiger partial charge >= 0.3 is 5.97 Å². The molecule has 5 nitrogen and oxygen atoms in total. The lowest BCUT2D eigenvalue weighted by atomic mass is 9.87. The summed E-state index contributed by atoms with van der Waals surface area (Å²) in [6, 6.07) is 17.5. The highest BCUT2D eigenvalue weighted by atomic mass is 35.5. The van der Waals surface area contributed by atoms with Crippen molar-refractivity contribution in [2.75, 3.05) is 0 Å². The van der Waals surface area contributed by atoms with Gasteiger partial charge in [-0.3, -0.25) is 0 Å². The lowest BCUT2D eigenvalue weighted by Crippen LogP contribution is -2.11. The SMILES string of the molecule is Cc1nn(-c2ccccc2)c(Cl)c1/C=C1/N=C(c2ccc(C(C)(C)C)cc2)OC1=O. The summed E-state index contributed by atoms with van der Waals surface area (Å²) in [5.74, 6) is -0.219. The molecule has 2 heterocycles. The van der Waals surface area contributed by atoms with E-state index < -0.39 is 5.97 Å².